The molecule has 0 amide bonds. The number of rotatable bonds is 4. The van der Waals surface area contributed by atoms with Gasteiger partial charge in [-0.1, -0.05) is 25.8 Å². The van der Waals surface area contributed by atoms with Crippen LogP contribution in [0.25, 0.3) is 0 Å². The van der Waals surface area contributed by atoms with Crippen molar-refractivity contribution in [1.82, 2.24) is 0 Å². The summed E-state index contributed by atoms with van der Waals surface area (Å²) in [5.74, 6) is -0.105. The molecule has 13 heavy (non-hydrogen) atoms. The van der Waals surface area contributed by atoms with E-state index in [9.17, 15) is 4.39 Å². The standard InChI is InChI=1S/C12H17F/c1-3-4-5-6-11-7-10(2)8-12(13)9-11/h7-9H,3-6H2,1-2H3. The summed E-state index contributed by atoms with van der Waals surface area (Å²) in [6.45, 7) is 4.11. The number of halogens is 1. The normalized spacial score (nSPS) is 10.4. The molecule has 0 heterocycles. The highest BCUT2D eigenvalue weighted by Crippen LogP contribution is 2.11. The average molecular weight is 180 g/mol. The summed E-state index contributed by atoms with van der Waals surface area (Å²) in [5, 5.41) is 0. The van der Waals surface area contributed by atoms with E-state index in [1.807, 2.05) is 6.92 Å². The Morgan fingerprint density at radius 1 is 1.15 bits per heavy atom. The van der Waals surface area contributed by atoms with Crippen LogP contribution in [0.15, 0.2) is 18.2 Å². The smallest absolute Gasteiger partial charge is 0.123 e. The number of unbranched alkanes of at least 4 members (excludes halogenated alkanes) is 2. The van der Waals surface area contributed by atoms with E-state index in [0.29, 0.717) is 0 Å². The Kier molecular flexibility index (Phi) is 3.94. The number of hydrogen-bond acceptors (Lipinski definition) is 0. The van der Waals surface area contributed by atoms with Crippen LogP contribution in [0, 0.1) is 12.7 Å². The Morgan fingerprint density at radius 2 is 1.92 bits per heavy atom. The zero-order valence-electron chi connectivity index (χ0n) is 8.44. The van der Waals surface area contributed by atoms with Gasteiger partial charge in [0.05, 0.1) is 0 Å². The molecule has 0 radical (unpaired) electrons. The van der Waals surface area contributed by atoms with Crippen LogP contribution in [0.3, 0.4) is 0 Å². The molecule has 1 heteroatoms. The molecule has 0 unspecified atom stereocenters. The van der Waals surface area contributed by atoms with Gasteiger partial charge in [-0.15, -0.1) is 0 Å². The lowest BCUT2D eigenvalue weighted by molar-refractivity contribution is 0.622. The van der Waals surface area contributed by atoms with Crippen molar-refractivity contribution in [3.05, 3.63) is 35.1 Å². The first-order chi connectivity index (χ1) is 6.22. The fourth-order valence-corrected chi connectivity index (χ4v) is 1.54. The van der Waals surface area contributed by atoms with E-state index in [-0.39, 0.29) is 5.82 Å². The number of aryl methyl sites for hydroxylation is 2. The second-order valence-corrected chi connectivity index (χ2v) is 3.59. The minimum Gasteiger partial charge on any atom is -0.207 e. The molecule has 0 aromatic heterocycles. The fourth-order valence-electron chi connectivity index (χ4n) is 1.54. The van der Waals surface area contributed by atoms with E-state index in [1.165, 1.54) is 19.3 Å². The van der Waals surface area contributed by atoms with Gasteiger partial charge in [-0.05, 0) is 43.0 Å². The van der Waals surface area contributed by atoms with Crippen molar-refractivity contribution in [2.45, 2.75) is 39.5 Å². The van der Waals surface area contributed by atoms with Gasteiger partial charge in [0.2, 0.25) is 0 Å². The lowest BCUT2D eigenvalue weighted by atomic mass is 10.1. The molecular formula is C12H17F. The highest BCUT2D eigenvalue weighted by Gasteiger charge is 1.97. The first-order valence-electron chi connectivity index (χ1n) is 4.98. The van der Waals surface area contributed by atoms with E-state index in [1.54, 1.807) is 12.1 Å². The summed E-state index contributed by atoms with van der Waals surface area (Å²) in [7, 11) is 0. The molecule has 0 bridgehead atoms. The molecule has 1 aromatic carbocycles. The van der Waals surface area contributed by atoms with Crippen LogP contribution in [0.5, 0.6) is 0 Å². The Balaban J connectivity index is 2.56. The predicted octanol–water partition coefficient (Wildman–Crippen LogP) is 3.87. The van der Waals surface area contributed by atoms with Crippen LogP contribution < -0.4 is 0 Å². The number of benzene rings is 1. The molecule has 72 valence electrons. The highest BCUT2D eigenvalue weighted by atomic mass is 19.1. The average Bonchev–Trinajstić information content (AvgIpc) is 2.03. The molecule has 0 nitrogen and oxygen atoms in total. The molecule has 0 saturated heterocycles. The zero-order chi connectivity index (χ0) is 9.68. The molecule has 0 N–H and O–H groups in total. The molecule has 1 aromatic rings. The van der Waals surface area contributed by atoms with Crippen LogP contribution in [-0.2, 0) is 6.42 Å². The molecular weight excluding hydrogens is 163 g/mol. The predicted molar refractivity (Wildman–Crippen MR) is 54.4 cm³/mol. The van der Waals surface area contributed by atoms with Gasteiger partial charge in [0, 0.05) is 0 Å². The molecule has 0 spiro atoms. The first-order valence-corrected chi connectivity index (χ1v) is 4.98. The summed E-state index contributed by atoms with van der Waals surface area (Å²) in [6, 6.07) is 5.28. The monoisotopic (exact) mass is 180 g/mol. The molecule has 0 saturated carbocycles. The van der Waals surface area contributed by atoms with Crippen molar-refractivity contribution in [2.75, 3.05) is 0 Å². The Bertz CT molecular complexity index is 246. The fraction of sp³-hybridized carbons (Fsp3) is 0.500. The van der Waals surface area contributed by atoms with Crippen LogP contribution in [0.1, 0.15) is 37.3 Å². The van der Waals surface area contributed by atoms with Crippen molar-refractivity contribution < 1.29 is 4.39 Å². The third kappa shape index (κ3) is 3.58. The molecule has 0 fully saturated rings. The van der Waals surface area contributed by atoms with Crippen molar-refractivity contribution in [3.63, 3.8) is 0 Å². The van der Waals surface area contributed by atoms with Crippen molar-refractivity contribution in [1.29, 1.82) is 0 Å². The van der Waals surface area contributed by atoms with Gasteiger partial charge in [-0.2, -0.15) is 0 Å². The summed E-state index contributed by atoms with van der Waals surface area (Å²) in [5.41, 5.74) is 2.15. The summed E-state index contributed by atoms with van der Waals surface area (Å²) in [4.78, 5) is 0. The minimum absolute atomic E-state index is 0.105. The molecule has 1 rings (SSSR count). The topological polar surface area (TPSA) is 0 Å². The van der Waals surface area contributed by atoms with E-state index in [4.69, 9.17) is 0 Å². The van der Waals surface area contributed by atoms with E-state index in [2.05, 4.69) is 13.0 Å². The highest BCUT2D eigenvalue weighted by molar-refractivity contribution is 5.23. The van der Waals surface area contributed by atoms with Gasteiger partial charge < -0.3 is 0 Å². The lowest BCUT2D eigenvalue weighted by Crippen LogP contribution is -1.88. The van der Waals surface area contributed by atoms with Gasteiger partial charge >= 0.3 is 0 Å². The maximum absolute atomic E-state index is 12.9. The quantitative estimate of drug-likeness (QED) is 0.617. The van der Waals surface area contributed by atoms with E-state index in [0.717, 1.165) is 17.5 Å². The summed E-state index contributed by atoms with van der Waals surface area (Å²) < 4.78 is 12.9. The third-order valence-electron chi connectivity index (χ3n) is 2.17. The summed E-state index contributed by atoms with van der Waals surface area (Å²) in [6.07, 6.45) is 4.62. The SMILES string of the molecule is CCCCCc1cc(C)cc(F)c1. The maximum atomic E-state index is 12.9. The Hall–Kier alpha value is -0.850. The van der Waals surface area contributed by atoms with Crippen molar-refractivity contribution in [2.24, 2.45) is 0 Å². The van der Waals surface area contributed by atoms with Gasteiger partial charge in [-0.25, -0.2) is 4.39 Å². The Morgan fingerprint density at radius 3 is 2.54 bits per heavy atom. The van der Waals surface area contributed by atoms with Crippen LogP contribution in [0.4, 0.5) is 4.39 Å². The molecule has 0 aliphatic rings. The second-order valence-electron chi connectivity index (χ2n) is 3.59. The second kappa shape index (κ2) is 5.00. The largest absolute Gasteiger partial charge is 0.207 e. The molecule has 0 aliphatic carbocycles. The van der Waals surface area contributed by atoms with Crippen LogP contribution >= 0.6 is 0 Å². The van der Waals surface area contributed by atoms with Crippen LogP contribution in [0.2, 0.25) is 0 Å². The van der Waals surface area contributed by atoms with E-state index < -0.39 is 0 Å². The van der Waals surface area contributed by atoms with E-state index >= 15 is 0 Å². The van der Waals surface area contributed by atoms with Gasteiger partial charge in [0.25, 0.3) is 0 Å². The molecule has 0 atom stereocenters. The van der Waals surface area contributed by atoms with Gasteiger partial charge in [0.1, 0.15) is 5.82 Å². The maximum Gasteiger partial charge on any atom is 0.123 e. The first kappa shape index (κ1) is 10.2. The van der Waals surface area contributed by atoms with Crippen molar-refractivity contribution >= 4 is 0 Å². The third-order valence-corrected chi connectivity index (χ3v) is 2.17. The summed E-state index contributed by atoms with van der Waals surface area (Å²) >= 11 is 0. The van der Waals surface area contributed by atoms with Crippen molar-refractivity contribution in [3.8, 4) is 0 Å². The molecule has 0 aliphatic heterocycles. The Labute approximate surface area is 79.8 Å². The zero-order valence-corrected chi connectivity index (χ0v) is 8.44. The minimum atomic E-state index is -0.105. The van der Waals surface area contributed by atoms with Crippen LogP contribution in [-0.4, -0.2) is 0 Å². The number of hydrogen-bond donors (Lipinski definition) is 0. The lowest BCUT2D eigenvalue weighted by Gasteiger charge is -2.02. The van der Waals surface area contributed by atoms with Gasteiger partial charge in [-0.3, -0.25) is 0 Å². The van der Waals surface area contributed by atoms with Gasteiger partial charge in [0.15, 0.2) is 0 Å².